The normalized spacial score (nSPS) is 18.3. The van der Waals surface area contributed by atoms with Crippen LogP contribution in [-0.4, -0.2) is 26.9 Å². The van der Waals surface area contributed by atoms with Crippen LogP contribution >= 0.6 is 0 Å². The van der Waals surface area contributed by atoms with Gasteiger partial charge in [0.2, 0.25) is 5.91 Å². The van der Waals surface area contributed by atoms with Crippen molar-refractivity contribution in [1.29, 1.82) is 0 Å². The van der Waals surface area contributed by atoms with E-state index in [9.17, 15) is 18.8 Å². The molecule has 7 nitrogen and oxygen atoms in total. The maximum absolute atomic E-state index is 13.9. The summed E-state index contributed by atoms with van der Waals surface area (Å²) in [6.45, 7) is 0. The number of allylic oxidation sites excluding steroid dienone is 2. The Balaban J connectivity index is 1.59. The summed E-state index contributed by atoms with van der Waals surface area (Å²) in [5.41, 5.74) is 5.92. The van der Waals surface area contributed by atoms with E-state index in [-0.39, 0.29) is 18.1 Å². The van der Waals surface area contributed by atoms with Gasteiger partial charge in [-0.05, 0) is 30.5 Å². The fourth-order valence-corrected chi connectivity index (χ4v) is 4.56. The second-order valence-corrected chi connectivity index (χ2v) is 8.15. The number of ketones is 1. The SMILES string of the molecule is O=C1CCCC2=C1[C@@H](c1cccc(F)c1)CC(=O)N2Nc1cc(=O)[nH]nc1-c1ccccc1. The molecule has 166 valence electrons. The van der Waals surface area contributed by atoms with Gasteiger partial charge in [0.15, 0.2) is 5.78 Å². The van der Waals surface area contributed by atoms with Gasteiger partial charge in [-0.3, -0.25) is 19.8 Å². The zero-order chi connectivity index (χ0) is 22.9. The summed E-state index contributed by atoms with van der Waals surface area (Å²) in [5.74, 6) is -1.22. The van der Waals surface area contributed by atoms with E-state index in [0.29, 0.717) is 47.5 Å². The lowest BCUT2D eigenvalue weighted by Crippen LogP contribution is -2.43. The van der Waals surface area contributed by atoms with Crippen molar-refractivity contribution in [2.24, 2.45) is 0 Å². The van der Waals surface area contributed by atoms with Gasteiger partial charge in [0, 0.05) is 36.0 Å². The van der Waals surface area contributed by atoms with E-state index in [0.717, 1.165) is 5.56 Å². The smallest absolute Gasteiger partial charge is 0.266 e. The van der Waals surface area contributed by atoms with Gasteiger partial charge in [-0.15, -0.1) is 0 Å². The molecule has 5 rings (SSSR count). The number of benzene rings is 2. The molecule has 1 amide bonds. The number of H-pyrrole nitrogens is 1. The first-order valence-electron chi connectivity index (χ1n) is 10.8. The number of carbonyl (C=O) groups excluding carboxylic acids is 2. The number of Topliss-reactive ketones (excluding diaryl/α,β-unsaturated/α-hetero) is 1. The Bertz CT molecular complexity index is 1330. The van der Waals surface area contributed by atoms with Gasteiger partial charge in [-0.25, -0.2) is 14.5 Å². The zero-order valence-electron chi connectivity index (χ0n) is 17.7. The molecule has 8 heteroatoms. The molecule has 3 aromatic rings. The van der Waals surface area contributed by atoms with Crippen LogP contribution in [0, 0.1) is 5.82 Å². The quantitative estimate of drug-likeness (QED) is 0.636. The van der Waals surface area contributed by atoms with E-state index < -0.39 is 17.3 Å². The Morgan fingerprint density at radius 1 is 1.00 bits per heavy atom. The number of aromatic amines is 1. The summed E-state index contributed by atoms with van der Waals surface area (Å²) in [6, 6.07) is 16.6. The van der Waals surface area contributed by atoms with Crippen molar-refractivity contribution < 1.29 is 14.0 Å². The molecule has 0 fully saturated rings. The molecule has 2 aromatic carbocycles. The number of aromatic nitrogens is 2. The van der Waals surface area contributed by atoms with Gasteiger partial charge < -0.3 is 0 Å². The van der Waals surface area contributed by atoms with Crippen LogP contribution in [-0.2, 0) is 9.59 Å². The molecule has 0 saturated heterocycles. The number of amides is 1. The molecule has 33 heavy (non-hydrogen) atoms. The second-order valence-electron chi connectivity index (χ2n) is 8.15. The lowest BCUT2D eigenvalue weighted by molar-refractivity contribution is -0.130. The van der Waals surface area contributed by atoms with E-state index in [1.807, 2.05) is 30.3 Å². The summed E-state index contributed by atoms with van der Waals surface area (Å²) in [4.78, 5) is 38.3. The minimum absolute atomic E-state index is 0.0122. The van der Waals surface area contributed by atoms with Gasteiger partial charge in [0.1, 0.15) is 11.5 Å². The third-order valence-corrected chi connectivity index (χ3v) is 6.01. The van der Waals surface area contributed by atoms with E-state index in [1.165, 1.54) is 23.2 Å². The van der Waals surface area contributed by atoms with Crippen molar-refractivity contribution in [3.8, 4) is 11.3 Å². The average molecular weight is 444 g/mol. The van der Waals surface area contributed by atoms with Crippen molar-refractivity contribution in [3.05, 3.63) is 93.7 Å². The zero-order valence-corrected chi connectivity index (χ0v) is 17.7. The fraction of sp³-hybridized carbons (Fsp3) is 0.200. The maximum atomic E-state index is 13.9. The van der Waals surface area contributed by atoms with Gasteiger partial charge in [-0.2, -0.15) is 5.10 Å². The summed E-state index contributed by atoms with van der Waals surface area (Å²) in [7, 11) is 0. The van der Waals surface area contributed by atoms with Crippen molar-refractivity contribution in [2.75, 3.05) is 5.43 Å². The largest absolute Gasteiger partial charge is 0.294 e. The summed E-state index contributed by atoms with van der Waals surface area (Å²) < 4.78 is 13.9. The first kappa shape index (κ1) is 20.8. The van der Waals surface area contributed by atoms with Gasteiger partial charge >= 0.3 is 0 Å². The standard InChI is InChI=1S/C25H21FN4O3/c26-17-9-4-8-16(12-17)18-13-23(33)30(20-10-5-11-21(31)24(18)20)29-19-14-22(32)27-28-25(19)15-6-2-1-3-7-15/h1-4,6-9,12,14,18H,5,10-11,13H2,(H2,27,29,32)/t18-/m1/s1. The number of hydrazine groups is 1. The van der Waals surface area contributed by atoms with Crippen LogP contribution < -0.4 is 11.0 Å². The molecular weight excluding hydrogens is 423 g/mol. The molecule has 0 saturated carbocycles. The lowest BCUT2D eigenvalue weighted by Gasteiger charge is -2.38. The minimum atomic E-state index is -0.500. The second kappa shape index (κ2) is 8.46. The van der Waals surface area contributed by atoms with E-state index in [2.05, 4.69) is 15.6 Å². The molecule has 0 unspecified atom stereocenters. The van der Waals surface area contributed by atoms with Crippen LogP contribution in [0.2, 0.25) is 0 Å². The number of nitrogens with zero attached hydrogens (tertiary/aromatic N) is 2. The molecule has 2 aliphatic rings. The summed E-state index contributed by atoms with van der Waals surface area (Å²) >= 11 is 0. The third kappa shape index (κ3) is 3.95. The summed E-state index contributed by atoms with van der Waals surface area (Å²) in [5, 5.41) is 7.97. The highest BCUT2D eigenvalue weighted by Crippen LogP contribution is 2.42. The molecular formula is C25H21FN4O3. The number of hydrogen-bond acceptors (Lipinski definition) is 5. The van der Waals surface area contributed by atoms with Crippen molar-refractivity contribution in [1.82, 2.24) is 15.2 Å². The summed E-state index contributed by atoms with van der Waals surface area (Å²) in [6.07, 6.45) is 1.52. The maximum Gasteiger partial charge on any atom is 0.266 e. The monoisotopic (exact) mass is 444 g/mol. The Morgan fingerprint density at radius 3 is 2.61 bits per heavy atom. The fourth-order valence-electron chi connectivity index (χ4n) is 4.56. The first-order chi connectivity index (χ1) is 16.0. The number of rotatable bonds is 4. The van der Waals surface area contributed by atoms with Gasteiger partial charge in [0.05, 0.1) is 11.4 Å². The van der Waals surface area contributed by atoms with Crippen LogP contribution in [0.25, 0.3) is 11.3 Å². The highest BCUT2D eigenvalue weighted by Gasteiger charge is 2.39. The molecule has 0 spiro atoms. The van der Waals surface area contributed by atoms with E-state index in [4.69, 9.17) is 0 Å². The Labute approximate surface area is 188 Å². The molecule has 2 N–H and O–H groups in total. The van der Waals surface area contributed by atoms with Crippen LogP contribution in [0.5, 0.6) is 0 Å². The highest BCUT2D eigenvalue weighted by atomic mass is 19.1. The van der Waals surface area contributed by atoms with E-state index in [1.54, 1.807) is 12.1 Å². The Morgan fingerprint density at radius 2 is 1.82 bits per heavy atom. The lowest BCUT2D eigenvalue weighted by atomic mass is 9.77. The highest BCUT2D eigenvalue weighted by molar-refractivity contribution is 6.01. The molecule has 1 aliphatic carbocycles. The van der Waals surface area contributed by atoms with Crippen molar-refractivity contribution in [3.63, 3.8) is 0 Å². The minimum Gasteiger partial charge on any atom is -0.294 e. The van der Waals surface area contributed by atoms with Crippen LogP contribution in [0.1, 0.15) is 37.2 Å². The third-order valence-electron chi connectivity index (χ3n) is 6.01. The molecule has 2 heterocycles. The van der Waals surface area contributed by atoms with Crippen LogP contribution in [0.4, 0.5) is 10.1 Å². The van der Waals surface area contributed by atoms with Gasteiger partial charge in [0.25, 0.3) is 5.56 Å². The predicted molar refractivity (Wildman–Crippen MR) is 120 cm³/mol. The molecule has 1 aromatic heterocycles. The van der Waals surface area contributed by atoms with Crippen LogP contribution in [0.15, 0.2) is 76.7 Å². The Hall–Kier alpha value is -4.07. The van der Waals surface area contributed by atoms with E-state index >= 15 is 0 Å². The van der Waals surface area contributed by atoms with Gasteiger partial charge in [-0.1, -0.05) is 42.5 Å². The molecule has 0 radical (unpaired) electrons. The number of nitrogens with one attached hydrogen (secondary N) is 2. The van der Waals surface area contributed by atoms with Crippen molar-refractivity contribution >= 4 is 17.4 Å². The number of carbonyl (C=O) groups is 2. The predicted octanol–water partition coefficient (Wildman–Crippen LogP) is 3.93. The molecule has 0 bridgehead atoms. The number of halogens is 1. The average Bonchev–Trinajstić information content (AvgIpc) is 2.81. The van der Waals surface area contributed by atoms with Crippen molar-refractivity contribution in [2.45, 2.75) is 31.6 Å². The molecule has 1 atom stereocenters. The first-order valence-corrected chi connectivity index (χ1v) is 10.8. The van der Waals surface area contributed by atoms with Crippen LogP contribution in [0.3, 0.4) is 0 Å². The number of anilines is 1. The molecule has 1 aliphatic heterocycles. The Kier molecular flexibility index (Phi) is 5.34. The topological polar surface area (TPSA) is 95.2 Å². The number of hydrogen-bond donors (Lipinski definition) is 2.